The normalized spacial score (nSPS) is 31.9. The van der Waals surface area contributed by atoms with Crippen molar-refractivity contribution in [3.05, 3.63) is 16.6 Å². The lowest BCUT2D eigenvalue weighted by Crippen LogP contribution is -1.90. The van der Waals surface area contributed by atoms with E-state index in [-0.39, 0.29) is 0 Å². The smallest absolute Gasteiger partial charge is 0.0794 e. The number of hydrogen-bond acceptors (Lipinski definition) is 2. The summed E-state index contributed by atoms with van der Waals surface area (Å²) in [7, 11) is 0. The molecule has 1 aliphatic rings. The van der Waals surface area contributed by atoms with Gasteiger partial charge in [-0.3, -0.25) is 4.98 Å². The maximum absolute atomic E-state index is 5.88. The zero-order chi connectivity index (χ0) is 8.77. The van der Waals surface area contributed by atoms with Gasteiger partial charge in [-0.2, -0.15) is 0 Å². The Bertz CT molecular complexity index is 268. The highest BCUT2D eigenvalue weighted by atomic mass is 35.5. The molecule has 0 radical (unpaired) electrons. The fourth-order valence-corrected chi connectivity index (χ4v) is 3.53. The van der Waals surface area contributed by atoms with Crippen molar-refractivity contribution >= 4 is 22.9 Å². The zero-order valence-electron chi connectivity index (χ0n) is 7.25. The summed E-state index contributed by atoms with van der Waals surface area (Å²) in [6.07, 6.45) is 1.98. The van der Waals surface area contributed by atoms with Gasteiger partial charge in [0.25, 0.3) is 0 Å². The predicted octanol–water partition coefficient (Wildman–Crippen LogP) is 3.12. The lowest BCUT2D eigenvalue weighted by Gasteiger charge is -1.97. The van der Waals surface area contributed by atoms with Crippen molar-refractivity contribution in [1.82, 2.24) is 4.98 Å². The number of rotatable bonds is 2. The van der Waals surface area contributed by atoms with Crippen molar-refractivity contribution in [3.8, 4) is 0 Å². The van der Waals surface area contributed by atoms with Gasteiger partial charge in [0.1, 0.15) is 0 Å². The minimum Gasteiger partial charge on any atom is -0.253 e. The highest BCUT2D eigenvalue weighted by Crippen LogP contribution is 2.65. The summed E-state index contributed by atoms with van der Waals surface area (Å²) in [6, 6.07) is 0. The van der Waals surface area contributed by atoms with Crippen LogP contribution in [0.2, 0.25) is 0 Å². The highest BCUT2D eigenvalue weighted by molar-refractivity contribution is 7.09. The average Bonchev–Trinajstić information content (AvgIpc) is 2.50. The van der Waals surface area contributed by atoms with Gasteiger partial charge in [0.2, 0.25) is 0 Å². The Morgan fingerprint density at radius 3 is 2.83 bits per heavy atom. The molecule has 1 aromatic rings. The molecule has 1 fully saturated rings. The van der Waals surface area contributed by atoms with Crippen molar-refractivity contribution in [2.75, 3.05) is 5.88 Å². The molecular weight excluding hydrogens is 190 g/mol. The second-order valence-electron chi connectivity index (χ2n) is 3.96. The fraction of sp³-hybridized carbons (Fsp3) is 0.667. The molecule has 0 aromatic carbocycles. The molecule has 0 saturated heterocycles. The molecule has 1 aromatic heterocycles. The fourth-order valence-electron chi connectivity index (χ4n) is 1.98. The van der Waals surface area contributed by atoms with Crippen molar-refractivity contribution in [2.24, 2.45) is 11.3 Å². The molecule has 0 bridgehead atoms. The number of nitrogens with zero attached hydrogens (tertiary/aromatic N) is 1. The third-order valence-electron chi connectivity index (χ3n) is 2.97. The van der Waals surface area contributed by atoms with Crippen LogP contribution in [0.5, 0.6) is 0 Å². The van der Waals surface area contributed by atoms with E-state index in [4.69, 9.17) is 11.6 Å². The van der Waals surface area contributed by atoms with Crippen molar-refractivity contribution in [2.45, 2.75) is 19.8 Å². The SMILES string of the molecule is CC1(C)C(CCl)C1c1cncs1. The van der Waals surface area contributed by atoms with Crippen LogP contribution in [0, 0.1) is 11.3 Å². The minimum atomic E-state index is 0.397. The zero-order valence-corrected chi connectivity index (χ0v) is 8.82. The number of aromatic nitrogens is 1. The number of alkyl halides is 1. The van der Waals surface area contributed by atoms with Gasteiger partial charge in [-0.25, -0.2) is 0 Å². The van der Waals surface area contributed by atoms with Gasteiger partial charge < -0.3 is 0 Å². The first kappa shape index (κ1) is 8.52. The van der Waals surface area contributed by atoms with Crippen LogP contribution in [0.1, 0.15) is 24.6 Å². The van der Waals surface area contributed by atoms with Crippen LogP contribution in [-0.2, 0) is 0 Å². The van der Waals surface area contributed by atoms with Crippen molar-refractivity contribution < 1.29 is 0 Å². The van der Waals surface area contributed by atoms with E-state index in [2.05, 4.69) is 18.8 Å². The molecule has 0 spiro atoms. The third kappa shape index (κ3) is 1.09. The van der Waals surface area contributed by atoms with Crippen LogP contribution < -0.4 is 0 Å². The molecule has 2 rings (SSSR count). The molecule has 1 aliphatic carbocycles. The lowest BCUT2D eigenvalue weighted by atomic mass is 10.1. The Hall–Kier alpha value is -0.0800. The Morgan fingerprint density at radius 1 is 1.67 bits per heavy atom. The molecule has 1 heterocycles. The van der Waals surface area contributed by atoms with Gasteiger partial charge in [-0.05, 0) is 11.3 Å². The molecule has 66 valence electrons. The second kappa shape index (κ2) is 2.71. The Balaban J connectivity index is 2.19. The molecule has 12 heavy (non-hydrogen) atoms. The monoisotopic (exact) mass is 201 g/mol. The molecule has 2 atom stereocenters. The van der Waals surface area contributed by atoms with Gasteiger partial charge in [-0.1, -0.05) is 13.8 Å². The van der Waals surface area contributed by atoms with Crippen molar-refractivity contribution in [3.63, 3.8) is 0 Å². The standard InChI is InChI=1S/C9H12ClNS/c1-9(2)6(3-10)8(9)7-4-11-5-12-7/h4-6,8H,3H2,1-2H3. The van der Waals surface area contributed by atoms with Crippen LogP contribution >= 0.6 is 22.9 Å². The largest absolute Gasteiger partial charge is 0.253 e. The predicted molar refractivity (Wildman–Crippen MR) is 52.8 cm³/mol. The number of halogens is 1. The second-order valence-corrected chi connectivity index (χ2v) is 5.19. The van der Waals surface area contributed by atoms with E-state index in [1.807, 2.05) is 11.7 Å². The summed E-state index contributed by atoms with van der Waals surface area (Å²) in [5, 5.41) is 0. The minimum absolute atomic E-state index is 0.397. The average molecular weight is 202 g/mol. The van der Waals surface area contributed by atoms with E-state index < -0.39 is 0 Å². The molecule has 1 nitrogen and oxygen atoms in total. The highest BCUT2D eigenvalue weighted by Gasteiger charge is 2.58. The molecule has 2 unspecified atom stereocenters. The van der Waals surface area contributed by atoms with Gasteiger partial charge >= 0.3 is 0 Å². The van der Waals surface area contributed by atoms with E-state index in [1.165, 1.54) is 4.88 Å². The van der Waals surface area contributed by atoms with Crippen LogP contribution in [-0.4, -0.2) is 10.9 Å². The molecule has 1 saturated carbocycles. The summed E-state index contributed by atoms with van der Waals surface area (Å²) in [4.78, 5) is 5.49. The maximum Gasteiger partial charge on any atom is 0.0794 e. The first-order valence-electron chi connectivity index (χ1n) is 4.12. The Labute approximate surface area is 81.8 Å². The Kier molecular flexibility index (Phi) is 1.92. The van der Waals surface area contributed by atoms with E-state index in [9.17, 15) is 0 Å². The van der Waals surface area contributed by atoms with Crippen molar-refractivity contribution in [1.29, 1.82) is 0 Å². The molecule has 0 aliphatic heterocycles. The van der Waals surface area contributed by atoms with E-state index in [1.54, 1.807) is 11.3 Å². The van der Waals surface area contributed by atoms with E-state index in [0.717, 1.165) is 5.88 Å². The first-order valence-corrected chi connectivity index (χ1v) is 5.53. The summed E-state index contributed by atoms with van der Waals surface area (Å²) >= 11 is 7.62. The van der Waals surface area contributed by atoms with Gasteiger partial charge in [0.15, 0.2) is 0 Å². The van der Waals surface area contributed by atoms with Gasteiger partial charge in [0.05, 0.1) is 5.51 Å². The summed E-state index contributed by atoms with van der Waals surface area (Å²) in [6.45, 7) is 4.56. The lowest BCUT2D eigenvalue weighted by molar-refractivity contribution is 0.578. The van der Waals surface area contributed by atoms with E-state index in [0.29, 0.717) is 17.3 Å². The molecule has 0 amide bonds. The summed E-state index contributed by atoms with van der Waals surface area (Å²) in [5.41, 5.74) is 2.29. The number of hydrogen-bond donors (Lipinski definition) is 0. The van der Waals surface area contributed by atoms with Gasteiger partial charge in [0, 0.05) is 22.9 Å². The third-order valence-corrected chi connectivity index (χ3v) is 4.17. The van der Waals surface area contributed by atoms with Crippen LogP contribution in [0.25, 0.3) is 0 Å². The quantitative estimate of drug-likeness (QED) is 0.671. The molecular formula is C9H12ClNS. The first-order chi connectivity index (χ1) is 5.68. The topological polar surface area (TPSA) is 12.9 Å². The maximum atomic E-state index is 5.88. The van der Waals surface area contributed by atoms with E-state index >= 15 is 0 Å². The van der Waals surface area contributed by atoms with Crippen LogP contribution in [0.15, 0.2) is 11.7 Å². The molecule has 0 N–H and O–H groups in total. The van der Waals surface area contributed by atoms with Crippen LogP contribution in [0.3, 0.4) is 0 Å². The Morgan fingerprint density at radius 2 is 2.42 bits per heavy atom. The number of thiazole rings is 1. The molecule has 3 heteroatoms. The summed E-state index contributed by atoms with van der Waals surface area (Å²) in [5.74, 6) is 2.08. The van der Waals surface area contributed by atoms with Crippen LogP contribution in [0.4, 0.5) is 0 Å². The van der Waals surface area contributed by atoms with Gasteiger partial charge in [-0.15, -0.1) is 22.9 Å². The summed E-state index contributed by atoms with van der Waals surface area (Å²) < 4.78 is 0.